The summed E-state index contributed by atoms with van der Waals surface area (Å²) in [7, 11) is 0. The van der Waals surface area contributed by atoms with Crippen molar-refractivity contribution < 1.29 is 9.53 Å². The summed E-state index contributed by atoms with van der Waals surface area (Å²) < 4.78 is 5.72. The van der Waals surface area contributed by atoms with Crippen LogP contribution in [0.2, 0.25) is 0 Å². The summed E-state index contributed by atoms with van der Waals surface area (Å²) in [6, 6.07) is 8.01. The molecule has 21 heavy (non-hydrogen) atoms. The van der Waals surface area contributed by atoms with E-state index in [1.54, 1.807) is 0 Å². The van der Waals surface area contributed by atoms with Gasteiger partial charge in [-0.3, -0.25) is 9.69 Å². The van der Waals surface area contributed by atoms with Crippen molar-refractivity contribution in [2.24, 2.45) is 0 Å². The Bertz CT molecular complexity index is 506. The van der Waals surface area contributed by atoms with E-state index in [4.69, 9.17) is 4.74 Å². The van der Waals surface area contributed by atoms with E-state index in [-0.39, 0.29) is 17.9 Å². The van der Waals surface area contributed by atoms with Gasteiger partial charge in [-0.25, -0.2) is 0 Å². The molecule has 2 aliphatic rings. The Morgan fingerprint density at radius 2 is 2.33 bits per heavy atom. The average molecular weight is 289 g/mol. The summed E-state index contributed by atoms with van der Waals surface area (Å²) >= 11 is 0. The first-order chi connectivity index (χ1) is 10.3. The summed E-state index contributed by atoms with van der Waals surface area (Å²) in [6.45, 7) is 7.10. The number of hydrogen-bond donors (Lipinski definition) is 2. The third kappa shape index (κ3) is 3.19. The molecule has 114 valence electrons. The minimum absolute atomic E-state index is 0.0877. The highest BCUT2D eigenvalue weighted by Crippen LogP contribution is 2.30. The third-order valence-corrected chi connectivity index (χ3v) is 4.32. The fourth-order valence-electron chi connectivity index (χ4n) is 3.05. The summed E-state index contributed by atoms with van der Waals surface area (Å²) in [6.07, 6.45) is 0.104. The zero-order valence-electron chi connectivity index (χ0n) is 12.5. The van der Waals surface area contributed by atoms with Crippen LogP contribution in [0.4, 0.5) is 5.69 Å². The first-order valence-electron chi connectivity index (χ1n) is 7.72. The molecular formula is C16H23N3O2. The maximum absolute atomic E-state index is 12.4. The summed E-state index contributed by atoms with van der Waals surface area (Å²) in [5.41, 5.74) is 2.17. The molecule has 1 saturated heterocycles. The normalized spacial score (nSPS) is 25.2. The van der Waals surface area contributed by atoms with E-state index in [9.17, 15) is 4.79 Å². The number of carbonyl (C=O) groups excluding carboxylic acids is 1. The fraction of sp³-hybridized carbons (Fsp3) is 0.562. The van der Waals surface area contributed by atoms with Crippen molar-refractivity contribution >= 4 is 11.6 Å². The van der Waals surface area contributed by atoms with E-state index in [0.29, 0.717) is 13.1 Å². The Kier molecular flexibility index (Phi) is 4.41. The molecule has 2 atom stereocenters. The Labute approximate surface area is 125 Å². The first kappa shape index (κ1) is 14.4. The van der Waals surface area contributed by atoms with Crippen molar-refractivity contribution in [1.82, 2.24) is 10.2 Å². The minimum Gasteiger partial charge on any atom is -0.384 e. The average Bonchev–Trinajstić information content (AvgIpc) is 2.97. The van der Waals surface area contributed by atoms with Gasteiger partial charge >= 0.3 is 0 Å². The van der Waals surface area contributed by atoms with Gasteiger partial charge in [-0.15, -0.1) is 0 Å². The molecule has 1 aromatic rings. The number of fused-ring (bicyclic) bond motifs is 1. The van der Waals surface area contributed by atoms with Gasteiger partial charge in [-0.05, 0) is 18.2 Å². The molecule has 2 N–H and O–H groups in total. The maximum Gasteiger partial charge on any atom is 0.229 e. The zero-order chi connectivity index (χ0) is 14.7. The molecule has 5 heteroatoms. The molecule has 1 aromatic carbocycles. The second-order valence-electron chi connectivity index (χ2n) is 5.65. The molecule has 2 aliphatic heterocycles. The lowest BCUT2D eigenvalue weighted by atomic mass is 10.0. The van der Waals surface area contributed by atoms with Gasteiger partial charge in [-0.1, -0.05) is 25.1 Å². The first-order valence-corrected chi connectivity index (χ1v) is 7.72. The van der Waals surface area contributed by atoms with Crippen LogP contribution in [0.1, 0.15) is 18.4 Å². The predicted molar refractivity (Wildman–Crippen MR) is 82.5 cm³/mol. The Morgan fingerprint density at radius 1 is 1.48 bits per heavy atom. The van der Waals surface area contributed by atoms with Crippen LogP contribution in [0.15, 0.2) is 24.3 Å². The van der Waals surface area contributed by atoms with E-state index in [1.807, 2.05) is 24.3 Å². The van der Waals surface area contributed by atoms with Crippen LogP contribution in [0.3, 0.4) is 0 Å². The largest absolute Gasteiger partial charge is 0.384 e. The standard InChI is InChI=1S/C16H23N3O2/c1-2-19-7-8-21-12(11-19)9-18-16(20)14-10-17-15-6-4-3-5-13(14)15/h3-6,12,14,17H,2,7-11H2,1H3,(H,18,20). The number of benzene rings is 1. The van der Waals surface area contributed by atoms with Gasteiger partial charge in [0.05, 0.1) is 18.6 Å². The molecule has 0 aromatic heterocycles. The number of nitrogens with zero attached hydrogens (tertiary/aromatic N) is 1. The topological polar surface area (TPSA) is 53.6 Å². The molecule has 0 aliphatic carbocycles. The fourth-order valence-corrected chi connectivity index (χ4v) is 3.05. The van der Waals surface area contributed by atoms with E-state index in [1.165, 1.54) is 0 Å². The number of nitrogens with one attached hydrogen (secondary N) is 2. The third-order valence-electron chi connectivity index (χ3n) is 4.32. The number of likely N-dealkylation sites (N-methyl/N-ethyl adjacent to an activating group) is 1. The van der Waals surface area contributed by atoms with E-state index < -0.39 is 0 Å². The number of para-hydroxylation sites is 1. The highest BCUT2D eigenvalue weighted by atomic mass is 16.5. The van der Waals surface area contributed by atoms with Crippen molar-refractivity contribution in [1.29, 1.82) is 0 Å². The second-order valence-corrected chi connectivity index (χ2v) is 5.65. The number of rotatable bonds is 4. The van der Waals surface area contributed by atoms with Crippen LogP contribution in [0.5, 0.6) is 0 Å². The lowest BCUT2D eigenvalue weighted by Crippen LogP contribution is -2.48. The predicted octanol–water partition coefficient (Wildman–Crippen LogP) is 1.03. The van der Waals surface area contributed by atoms with Gasteiger partial charge in [0.15, 0.2) is 0 Å². The van der Waals surface area contributed by atoms with E-state index in [0.717, 1.165) is 37.5 Å². The van der Waals surface area contributed by atoms with Crippen LogP contribution in [-0.2, 0) is 9.53 Å². The molecule has 0 saturated carbocycles. The quantitative estimate of drug-likeness (QED) is 0.869. The lowest BCUT2D eigenvalue weighted by Gasteiger charge is -2.32. The molecule has 2 heterocycles. The monoisotopic (exact) mass is 289 g/mol. The van der Waals surface area contributed by atoms with Gasteiger partial charge in [-0.2, -0.15) is 0 Å². The SMILES string of the molecule is CCN1CCOC(CNC(=O)C2CNc3ccccc32)C1. The van der Waals surface area contributed by atoms with Gasteiger partial charge in [0.2, 0.25) is 5.91 Å². The minimum atomic E-state index is -0.0907. The number of morpholine rings is 1. The number of anilines is 1. The number of ether oxygens (including phenoxy) is 1. The molecule has 1 fully saturated rings. The lowest BCUT2D eigenvalue weighted by molar-refractivity contribution is -0.123. The number of amides is 1. The van der Waals surface area contributed by atoms with Crippen molar-refractivity contribution in [2.75, 3.05) is 44.6 Å². The Balaban J connectivity index is 1.53. The molecule has 0 spiro atoms. The van der Waals surface area contributed by atoms with Gasteiger partial charge in [0.25, 0.3) is 0 Å². The van der Waals surface area contributed by atoms with Crippen molar-refractivity contribution in [3.8, 4) is 0 Å². The van der Waals surface area contributed by atoms with Crippen LogP contribution in [-0.4, -0.2) is 56.2 Å². The smallest absolute Gasteiger partial charge is 0.229 e. The molecule has 0 bridgehead atoms. The van der Waals surface area contributed by atoms with Gasteiger partial charge in [0.1, 0.15) is 0 Å². The summed E-state index contributed by atoms with van der Waals surface area (Å²) in [5, 5.41) is 6.33. The molecule has 2 unspecified atom stereocenters. The molecule has 0 radical (unpaired) electrons. The molecule has 1 amide bonds. The van der Waals surface area contributed by atoms with Crippen LogP contribution in [0.25, 0.3) is 0 Å². The van der Waals surface area contributed by atoms with E-state index in [2.05, 4.69) is 22.5 Å². The number of carbonyl (C=O) groups is 1. The summed E-state index contributed by atoms with van der Waals surface area (Å²) in [4.78, 5) is 14.7. The number of hydrogen-bond acceptors (Lipinski definition) is 4. The Hall–Kier alpha value is -1.59. The van der Waals surface area contributed by atoms with E-state index >= 15 is 0 Å². The van der Waals surface area contributed by atoms with Crippen LogP contribution >= 0.6 is 0 Å². The van der Waals surface area contributed by atoms with Crippen molar-refractivity contribution in [3.63, 3.8) is 0 Å². The summed E-state index contributed by atoms with van der Waals surface area (Å²) in [5.74, 6) is -0.00302. The zero-order valence-corrected chi connectivity index (χ0v) is 12.5. The highest BCUT2D eigenvalue weighted by molar-refractivity contribution is 5.88. The second kappa shape index (κ2) is 6.45. The van der Waals surface area contributed by atoms with Gasteiger partial charge in [0, 0.05) is 31.9 Å². The van der Waals surface area contributed by atoms with Crippen molar-refractivity contribution in [3.05, 3.63) is 29.8 Å². The maximum atomic E-state index is 12.4. The highest BCUT2D eigenvalue weighted by Gasteiger charge is 2.29. The van der Waals surface area contributed by atoms with Crippen LogP contribution in [0, 0.1) is 0 Å². The Morgan fingerprint density at radius 3 is 3.19 bits per heavy atom. The molecule has 5 nitrogen and oxygen atoms in total. The van der Waals surface area contributed by atoms with Gasteiger partial charge < -0.3 is 15.4 Å². The van der Waals surface area contributed by atoms with Crippen molar-refractivity contribution in [2.45, 2.75) is 18.9 Å². The molecular weight excluding hydrogens is 266 g/mol. The molecule has 3 rings (SSSR count). The van der Waals surface area contributed by atoms with Crippen LogP contribution < -0.4 is 10.6 Å².